The van der Waals surface area contributed by atoms with Gasteiger partial charge < -0.3 is 10.6 Å². The molecular weight excluding hydrogens is 230 g/mol. The molecule has 0 aliphatic carbocycles. The Morgan fingerprint density at radius 3 is 2.38 bits per heavy atom. The molecule has 1 amide bonds. The van der Waals surface area contributed by atoms with Gasteiger partial charge in [-0.25, -0.2) is 13.1 Å². The molecular formula is C9H21N3O3S. The summed E-state index contributed by atoms with van der Waals surface area (Å²) in [6.45, 7) is 2.00. The van der Waals surface area contributed by atoms with E-state index in [2.05, 4.69) is 4.72 Å². The van der Waals surface area contributed by atoms with Crippen molar-refractivity contribution in [2.24, 2.45) is 5.73 Å². The highest BCUT2D eigenvalue weighted by Gasteiger charge is 2.20. The summed E-state index contributed by atoms with van der Waals surface area (Å²) in [5, 5.41) is 0. The van der Waals surface area contributed by atoms with Crippen LogP contribution in [0, 0.1) is 0 Å². The van der Waals surface area contributed by atoms with E-state index in [0.29, 0.717) is 19.4 Å². The highest BCUT2D eigenvalue weighted by molar-refractivity contribution is 7.89. The smallest absolute Gasteiger partial charge is 0.239 e. The fraction of sp³-hybridized carbons (Fsp3) is 0.889. The maximum absolute atomic E-state index is 11.5. The molecule has 1 unspecified atom stereocenters. The molecule has 0 fully saturated rings. The van der Waals surface area contributed by atoms with Crippen molar-refractivity contribution in [1.82, 2.24) is 9.62 Å². The molecule has 0 aromatic carbocycles. The molecule has 0 aliphatic heterocycles. The maximum Gasteiger partial charge on any atom is 0.239 e. The summed E-state index contributed by atoms with van der Waals surface area (Å²) in [4.78, 5) is 12.8. The summed E-state index contributed by atoms with van der Waals surface area (Å²) in [6.07, 6.45) is 1.17. The highest BCUT2D eigenvalue weighted by Crippen LogP contribution is 1.97. The third kappa shape index (κ3) is 6.04. The third-order valence-corrected chi connectivity index (χ3v) is 3.57. The van der Waals surface area contributed by atoms with Crippen LogP contribution >= 0.6 is 0 Å². The Morgan fingerprint density at radius 1 is 1.38 bits per heavy atom. The van der Waals surface area contributed by atoms with Crippen LogP contribution in [0.1, 0.15) is 19.8 Å². The lowest BCUT2D eigenvalue weighted by Gasteiger charge is -2.17. The molecule has 0 saturated heterocycles. The van der Waals surface area contributed by atoms with Crippen LogP contribution in [0.4, 0.5) is 0 Å². The first-order valence-electron chi connectivity index (χ1n) is 5.21. The van der Waals surface area contributed by atoms with E-state index >= 15 is 0 Å². The molecule has 0 bridgehead atoms. The number of nitrogens with one attached hydrogen (secondary N) is 1. The molecule has 0 radical (unpaired) electrons. The zero-order valence-electron chi connectivity index (χ0n) is 10.1. The Labute approximate surface area is 97.2 Å². The Morgan fingerprint density at radius 2 is 1.94 bits per heavy atom. The van der Waals surface area contributed by atoms with Crippen LogP contribution in [0.15, 0.2) is 0 Å². The summed E-state index contributed by atoms with van der Waals surface area (Å²) in [5.41, 5.74) is 5.27. The van der Waals surface area contributed by atoms with Crippen LogP contribution in [0.25, 0.3) is 0 Å². The predicted octanol–water partition coefficient (Wildman–Crippen LogP) is -0.879. The normalized spacial score (nSPS) is 13.5. The summed E-state index contributed by atoms with van der Waals surface area (Å²) >= 11 is 0. The van der Waals surface area contributed by atoms with E-state index in [1.54, 1.807) is 14.1 Å². The van der Waals surface area contributed by atoms with Gasteiger partial charge in [0.15, 0.2) is 0 Å². The standard InChI is InChI=1S/C9H21N3O3S/c1-8(9(13)12(2)3)11-16(14,15)7-5-4-6-10/h8,11H,4-7,10H2,1-3H3. The number of nitrogens with zero attached hydrogens (tertiary/aromatic N) is 1. The Hall–Kier alpha value is -0.660. The molecule has 1 atom stereocenters. The van der Waals surface area contributed by atoms with E-state index in [1.807, 2.05) is 0 Å². The summed E-state index contributed by atoms with van der Waals surface area (Å²) in [5.74, 6) is -0.252. The van der Waals surface area contributed by atoms with Gasteiger partial charge in [-0.05, 0) is 26.3 Å². The number of rotatable bonds is 7. The van der Waals surface area contributed by atoms with Gasteiger partial charge in [0.2, 0.25) is 15.9 Å². The molecule has 0 spiro atoms. The molecule has 0 aromatic heterocycles. The number of carbonyl (C=O) groups excluding carboxylic acids is 1. The summed E-state index contributed by atoms with van der Waals surface area (Å²) < 4.78 is 25.4. The number of likely N-dealkylation sites (N-methyl/N-ethyl adjacent to an activating group) is 1. The van der Waals surface area contributed by atoms with Crippen LogP contribution < -0.4 is 10.5 Å². The third-order valence-electron chi connectivity index (χ3n) is 2.03. The van der Waals surface area contributed by atoms with Crippen molar-refractivity contribution in [3.05, 3.63) is 0 Å². The van der Waals surface area contributed by atoms with Crippen LogP contribution in [0.2, 0.25) is 0 Å². The zero-order valence-corrected chi connectivity index (χ0v) is 10.9. The molecule has 3 N–H and O–H groups in total. The molecule has 0 aromatic rings. The Bertz CT molecular complexity index is 314. The quantitative estimate of drug-likeness (QED) is 0.575. The number of hydrogen-bond donors (Lipinski definition) is 2. The molecule has 7 heteroatoms. The fourth-order valence-electron chi connectivity index (χ4n) is 1.20. The van der Waals surface area contributed by atoms with Crippen LogP contribution in [0.5, 0.6) is 0 Å². The minimum Gasteiger partial charge on any atom is -0.347 e. The SMILES string of the molecule is CC(NS(=O)(=O)CCCCN)C(=O)N(C)C. The first-order chi connectivity index (χ1) is 7.30. The second-order valence-electron chi connectivity index (χ2n) is 3.89. The van der Waals surface area contributed by atoms with E-state index in [0.717, 1.165) is 0 Å². The van der Waals surface area contributed by atoms with Gasteiger partial charge in [0, 0.05) is 14.1 Å². The molecule has 0 rings (SSSR count). The van der Waals surface area contributed by atoms with E-state index in [1.165, 1.54) is 11.8 Å². The maximum atomic E-state index is 11.5. The van der Waals surface area contributed by atoms with Crippen molar-refractivity contribution in [3.63, 3.8) is 0 Å². The molecule has 6 nitrogen and oxygen atoms in total. The molecule has 0 heterocycles. The monoisotopic (exact) mass is 251 g/mol. The van der Waals surface area contributed by atoms with Gasteiger partial charge in [0.25, 0.3) is 0 Å². The second kappa shape index (κ2) is 6.82. The van der Waals surface area contributed by atoms with Gasteiger partial charge in [-0.3, -0.25) is 4.79 Å². The number of carbonyl (C=O) groups is 1. The fourth-order valence-corrected chi connectivity index (χ4v) is 2.54. The highest BCUT2D eigenvalue weighted by atomic mass is 32.2. The van der Waals surface area contributed by atoms with Crippen molar-refractivity contribution in [3.8, 4) is 0 Å². The lowest BCUT2D eigenvalue weighted by Crippen LogP contribution is -2.44. The lowest BCUT2D eigenvalue weighted by molar-refractivity contribution is -0.130. The van der Waals surface area contributed by atoms with Gasteiger partial charge in [-0.1, -0.05) is 0 Å². The number of sulfonamides is 1. The van der Waals surface area contributed by atoms with E-state index < -0.39 is 16.1 Å². The van der Waals surface area contributed by atoms with Crippen molar-refractivity contribution < 1.29 is 13.2 Å². The van der Waals surface area contributed by atoms with Crippen molar-refractivity contribution in [1.29, 1.82) is 0 Å². The molecule has 0 saturated carbocycles. The molecule has 16 heavy (non-hydrogen) atoms. The minimum atomic E-state index is -3.38. The molecule has 0 aliphatic rings. The van der Waals surface area contributed by atoms with Crippen LogP contribution in [0.3, 0.4) is 0 Å². The van der Waals surface area contributed by atoms with Gasteiger partial charge >= 0.3 is 0 Å². The largest absolute Gasteiger partial charge is 0.347 e. The van der Waals surface area contributed by atoms with E-state index in [9.17, 15) is 13.2 Å². The average molecular weight is 251 g/mol. The Kier molecular flexibility index (Phi) is 6.54. The first kappa shape index (κ1) is 15.3. The van der Waals surface area contributed by atoms with Crippen molar-refractivity contribution in [2.75, 3.05) is 26.4 Å². The lowest BCUT2D eigenvalue weighted by atomic mass is 10.3. The summed E-state index contributed by atoms with van der Waals surface area (Å²) in [6, 6.07) is -0.724. The van der Waals surface area contributed by atoms with Crippen molar-refractivity contribution >= 4 is 15.9 Å². The summed E-state index contributed by atoms with van der Waals surface area (Å²) in [7, 11) is -0.215. The van der Waals surface area contributed by atoms with Crippen molar-refractivity contribution in [2.45, 2.75) is 25.8 Å². The van der Waals surface area contributed by atoms with Crippen LogP contribution in [-0.4, -0.2) is 51.7 Å². The van der Waals surface area contributed by atoms with Gasteiger partial charge in [0.05, 0.1) is 11.8 Å². The molecule has 96 valence electrons. The van der Waals surface area contributed by atoms with Gasteiger partial charge in [-0.2, -0.15) is 0 Å². The first-order valence-corrected chi connectivity index (χ1v) is 6.86. The number of hydrogen-bond acceptors (Lipinski definition) is 4. The van der Waals surface area contributed by atoms with E-state index in [-0.39, 0.29) is 11.7 Å². The van der Waals surface area contributed by atoms with E-state index in [4.69, 9.17) is 5.73 Å². The average Bonchev–Trinajstić information content (AvgIpc) is 2.15. The number of nitrogens with two attached hydrogens (primary N) is 1. The Balaban J connectivity index is 4.20. The number of amides is 1. The van der Waals surface area contributed by atoms with Gasteiger partial charge in [-0.15, -0.1) is 0 Å². The predicted molar refractivity (Wildman–Crippen MR) is 63.4 cm³/mol. The zero-order chi connectivity index (χ0) is 12.8. The topological polar surface area (TPSA) is 92.5 Å². The number of unbranched alkanes of at least 4 members (excludes halogenated alkanes) is 1. The van der Waals surface area contributed by atoms with Crippen LogP contribution in [-0.2, 0) is 14.8 Å². The second-order valence-corrected chi connectivity index (χ2v) is 5.76. The van der Waals surface area contributed by atoms with Gasteiger partial charge in [0.1, 0.15) is 0 Å². The minimum absolute atomic E-state index is 0.00918.